The van der Waals surface area contributed by atoms with E-state index in [4.69, 9.17) is 18.9 Å². The van der Waals surface area contributed by atoms with Gasteiger partial charge in [0, 0.05) is 77.5 Å². The first kappa shape index (κ1) is 54.3. The minimum absolute atomic E-state index is 0.0242. The lowest BCUT2D eigenvalue weighted by atomic mass is 10.1. The number of carboxylic acids is 1. The third-order valence-electron chi connectivity index (χ3n) is 10.9. The maximum absolute atomic E-state index is 13.4. The molecule has 2 aromatic heterocycles. The van der Waals surface area contributed by atoms with Crippen molar-refractivity contribution in [1.82, 2.24) is 34.2 Å². The number of rotatable bonds is 29. The van der Waals surface area contributed by atoms with Gasteiger partial charge >= 0.3 is 12.1 Å². The number of carbonyl (C=O) groups excluding carboxylic acids is 2. The number of nitrogens with one attached hydrogen (secondary N) is 5. The van der Waals surface area contributed by atoms with E-state index >= 15 is 0 Å². The maximum Gasteiger partial charge on any atom is 0.407 e. The average molecular weight is 1030 g/mol. The summed E-state index contributed by atoms with van der Waals surface area (Å²) in [5.41, 5.74) is 2.63. The molecule has 0 radical (unpaired) electrons. The Bertz CT molecular complexity index is 3040. The number of aryl methyl sites for hydroxylation is 2. The van der Waals surface area contributed by atoms with E-state index in [9.17, 15) is 41.1 Å². The fourth-order valence-electron chi connectivity index (χ4n) is 7.04. The lowest BCUT2D eigenvalue weighted by molar-refractivity contribution is -0.138. The molecule has 0 aliphatic rings. The molecule has 0 saturated heterocycles. The van der Waals surface area contributed by atoms with Gasteiger partial charge in [0.05, 0.1) is 41.7 Å². The molecule has 0 saturated carbocycles. The van der Waals surface area contributed by atoms with Gasteiger partial charge in [0.2, 0.25) is 31.4 Å². The Morgan fingerprint density at radius 2 is 1.32 bits per heavy atom. The lowest BCUT2D eigenvalue weighted by Gasteiger charge is -2.16. The summed E-state index contributed by atoms with van der Waals surface area (Å²) in [5, 5.41) is 18.4. The van der Waals surface area contributed by atoms with Crippen molar-refractivity contribution in [3.05, 3.63) is 143 Å². The largest absolute Gasteiger partial charge is 0.480 e. The van der Waals surface area contributed by atoms with Crippen molar-refractivity contribution in [3.63, 3.8) is 0 Å². The zero-order chi connectivity index (χ0) is 51.5. The molecule has 384 valence electrons. The van der Waals surface area contributed by atoms with Crippen LogP contribution in [0.4, 0.5) is 10.7 Å². The van der Waals surface area contributed by atoms with Crippen LogP contribution in [0.3, 0.4) is 0 Å². The molecule has 6 rings (SSSR count). The van der Waals surface area contributed by atoms with Crippen molar-refractivity contribution < 1.29 is 55.3 Å². The molecule has 0 aliphatic carbocycles. The molecular formula is C49H58N8O13S2. The van der Waals surface area contributed by atoms with Gasteiger partial charge in [-0.05, 0) is 71.5 Å². The smallest absolute Gasteiger partial charge is 0.407 e. The van der Waals surface area contributed by atoms with Crippen LogP contribution in [0.25, 0.3) is 22.0 Å². The van der Waals surface area contributed by atoms with Crippen molar-refractivity contribution in [3.8, 4) is 11.1 Å². The first-order valence-electron chi connectivity index (χ1n) is 22.9. The molecular weight excluding hydrogens is 973 g/mol. The number of aliphatic carboxylic acids is 1. The summed E-state index contributed by atoms with van der Waals surface area (Å²) < 4.78 is 82.2. The number of hydrogen-bond acceptors (Lipinski definition) is 14. The number of anilines is 1. The van der Waals surface area contributed by atoms with E-state index in [0.717, 1.165) is 11.1 Å². The third-order valence-corrected chi connectivity index (χ3v) is 13.9. The molecule has 6 aromatic rings. The first-order valence-corrected chi connectivity index (χ1v) is 25.8. The quantitative estimate of drug-likeness (QED) is 0.0365. The van der Waals surface area contributed by atoms with Crippen LogP contribution in [0, 0.1) is 0 Å². The Kier molecular flexibility index (Phi) is 20.0. The van der Waals surface area contributed by atoms with E-state index in [0.29, 0.717) is 88.2 Å². The maximum atomic E-state index is 13.4. The number of carbonyl (C=O) groups is 3. The summed E-state index contributed by atoms with van der Waals surface area (Å²) >= 11 is 0. The summed E-state index contributed by atoms with van der Waals surface area (Å²) in [5.74, 6) is -1.78. The minimum atomic E-state index is -4.42. The van der Waals surface area contributed by atoms with E-state index in [1.54, 1.807) is 54.3 Å². The minimum Gasteiger partial charge on any atom is -0.480 e. The number of carboxylic acid groups (broad SMARTS) is 1. The highest BCUT2D eigenvalue weighted by molar-refractivity contribution is 7.89. The second-order valence-corrected chi connectivity index (χ2v) is 19.7. The normalized spacial score (nSPS) is 12.1. The molecule has 0 aliphatic heterocycles. The summed E-state index contributed by atoms with van der Waals surface area (Å²) in [6.07, 6.45) is 5.35. The molecule has 1 unspecified atom stereocenters. The van der Waals surface area contributed by atoms with Crippen molar-refractivity contribution in [2.24, 2.45) is 14.1 Å². The van der Waals surface area contributed by atoms with Gasteiger partial charge in [-0.1, -0.05) is 60.7 Å². The van der Waals surface area contributed by atoms with Crippen LogP contribution in [0.2, 0.25) is 0 Å². The van der Waals surface area contributed by atoms with Crippen molar-refractivity contribution in [1.29, 1.82) is 0 Å². The van der Waals surface area contributed by atoms with Gasteiger partial charge in [0.1, 0.15) is 18.2 Å². The Hall–Kier alpha value is -6.99. The number of sulfonamides is 2. The van der Waals surface area contributed by atoms with Crippen LogP contribution in [0.15, 0.2) is 130 Å². The van der Waals surface area contributed by atoms with Gasteiger partial charge in [-0.3, -0.25) is 14.4 Å². The van der Waals surface area contributed by atoms with E-state index in [2.05, 4.69) is 30.4 Å². The van der Waals surface area contributed by atoms with Crippen LogP contribution in [-0.4, -0.2) is 119 Å². The predicted octanol–water partition coefficient (Wildman–Crippen LogP) is 3.75. The number of amides is 2. The van der Waals surface area contributed by atoms with Gasteiger partial charge in [-0.25, -0.2) is 31.3 Å². The van der Waals surface area contributed by atoms with E-state index in [-0.39, 0.29) is 33.9 Å². The molecule has 23 heteroatoms. The van der Waals surface area contributed by atoms with Crippen molar-refractivity contribution in [2.45, 2.75) is 41.8 Å². The average Bonchev–Trinajstić information content (AvgIpc) is 3.80. The summed E-state index contributed by atoms with van der Waals surface area (Å²) in [6.45, 7) is 2.68. The van der Waals surface area contributed by atoms with Crippen LogP contribution in [-0.2, 0) is 71.0 Å². The van der Waals surface area contributed by atoms with Gasteiger partial charge in [0.15, 0.2) is 0 Å². The zero-order valence-electron chi connectivity index (χ0n) is 39.7. The highest BCUT2D eigenvalue weighted by Gasteiger charge is 2.27. The highest BCUT2D eigenvalue weighted by atomic mass is 32.2. The molecule has 2 heterocycles. The van der Waals surface area contributed by atoms with Crippen LogP contribution in [0.5, 0.6) is 0 Å². The Morgan fingerprint density at radius 3 is 1.93 bits per heavy atom. The molecule has 21 nitrogen and oxygen atoms in total. The zero-order valence-corrected chi connectivity index (χ0v) is 41.4. The molecule has 0 fully saturated rings. The molecule has 4 aromatic carbocycles. The van der Waals surface area contributed by atoms with Gasteiger partial charge in [0.25, 0.3) is 5.91 Å². The number of imidazole rings is 1. The fraction of sp³-hybridized carbons (Fsp3) is 0.327. The number of pyridine rings is 1. The van der Waals surface area contributed by atoms with Crippen LogP contribution < -0.4 is 30.8 Å². The number of aromatic nitrogens is 3. The topological polar surface area (TPSA) is 277 Å². The number of ether oxygens (including phenoxy) is 4. The number of fused-ring (bicyclic) bond motifs is 1. The van der Waals surface area contributed by atoms with Crippen molar-refractivity contribution >= 4 is 54.9 Å². The third kappa shape index (κ3) is 16.0. The summed E-state index contributed by atoms with van der Waals surface area (Å²) in [7, 11) is -4.75. The highest BCUT2D eigenvalue weighted by Crippen LogP contribution is 2.24. The van der Waals surface area contributed by atoms with Gasteiger partial charge in [-0.2, -0.15) is 4.72 Å². The summed E-state index contributed by atoms with van der Waals surface area (Å²) in [6, 6.07) is 24.2. The molecule has 2 amide bonds. The number of nitrogens with zero attached hydrogens (tertiary/aromatic N) is 3. The van der Waals surface area contributed by atoms with Gasteiger partial charge < -0.3 is 49.1 Å². The molecule has 6 N–H and O–H groups in total. The Labute approximate surface area is 417 Å². The van der Waals surface area contributed by atoms with E-state index in [1.165, 1.54) is 42.6 Å². The fourth-order valence-corrected chi connectivity index (χ4v) is 9.30. The molecule has 1 atom stereocenters. The molecule has 0 bridgehead atoms. The predicted molar refractivity (Wildman–Crippen MR) is 267 cm³/mol. The SMILES string of the molecule is Cn1ccnc1NCc1ccc2c(=O)c(C(=O)NCC(NS(=O)(=O)c3ccc(-c4ccc(S(=O)(=O)NCCCOCCOCCOCCCNC(=O)OCc5ccccc5)cc4)cc3)C(=O)O)cn(C)c2c1. The second-order valence-electron chi connectivity index (χ2n) is 16.3. The number of hydrogen-bond donors (Lipinski definition) is 6. The van der Waals surface area contributed by atoms with Crippen LogP contribution in [0.1, 0.15) is 34.3 Å². The standard InChI is InChI=1S/C49H58N8O13S2/c1-56-23-22-50-48(56)53-31-36-10-19-41-44(30-36)57(2)33-42(45(41)58)46(59)52-32-43(47(60)61)55-72(65,66)40-17-13-38(14-18-40)37-11-15-39(16-12-37)71(63,64)54-21-7-25-68-27-29-69-28-26-67-24-6-20-51-49(62)70-34-35-8-4-3-5-9-35/h3-5,8-19,22-23,30,33,43,54-55H,6-7,20-21,24-29,31-32,34H2,1-2H3,(H,50,53)(H,51,62)(H,52,59)(H,60,61). The van der Waals surface area contributed by atoms with Crippen LogP contribution >= 0.6 is 0 Å². The summed E-state index contributed by atoms with van der Waals surface area (Å²) in [4.78, 5) is 54.5. The van der Waals surface area contributed by atoms with E-state index < -0.39 is 56.0 Å². The molecule has 0 spiro atoms. The number of alkyl carbamates (subject to hydrolysis) is 1. The van der Waals surface area contributed by atoms with Gasteiger partial charge in [-0.15, -0.1) is 0 Å². The Morgan fingerprint density at radius 1 is 0.708 bits per heavy atom. The second kappa shape index (κ2) is 26.5. The Balaban J connectivity index is 0.867. The number of benzene rings is 4. The monoisotopic (exact) mass is 1030 g/mol. The van der Waals surface area contributed by atoms with Crippen molar-refractivity contribution in [2.75, 3.05) is 64.6 Å². The lowest BCUT2D eigenvalue weighted by Crippen LogP contribution is -2.48. The first-order chi connectivity index (χ1) is 34.6. The van der Waals surface area contributed by atoms with E-state index in [1.807, 2.05) is 41.9 Å². The molecule has 72 heavy (non-hydrogen) atoms.